The van der Waals surface area contributed by atoms with E-state index in [9.17, 15) is 18.0 Å². The Morgan fingerprint density at radius 2 is 1.87 bits per heavy atom. The van der Waals surface area contributed by atoms with Crippen LogP contribution in [0.25, 0.3) is 0 Å². The third-order valence-electron chi connectivity index (χ3n) is 3.93. The molecule has 1 aliphatic rings. The van der Waals surface area contributed by atoms with E-state index in [-0.39, 0.29) is 24.6 Å². The van der Waals surface area contributed by atoms with Gasteiger partial charge in [0.2, 0.25) is 0 Å². The van der Waals surface area contributed by atoms with E-state index in [0.717, 1.165) is 22.7 Å². The number of benzene rings is 1. The molecule has 1 amide bonds. The smallest absolute Gasteiger partial charge is 0.328 e. The van der Waals surface area contributed by atoms with Gasteiger partial charge in [-0.1, -0.05) is 18.2 Å². The highest BCUT2D eigenvalue weighted by molar-refractivity contribution is 5.84. The molecule has 2 heterocycles. The number of aromatic nitrogens is 1. The lowest BCUT2D eigenvalue weighted by molar-refractivity contribution is -0.162. The van der Waals surface area contributed by atoms with Crippen LogP contribution in [0.3, 0.4) is 0 Å². The van der Waals surface area contributed by atoms with Crippen molar-refractivity contribution in [1.82, 2.24) is 9.88 Å². The Hall–Kier alpha value is -2.37. The molecular formula is C17H15F3N2O. The van der Waals surface area contributed by atoms with Crippen molar-refractivity contribution in [2.24, 2.45) is 0 Å². The fourth-order valence-corrected chi connectivity index (χ4v) is 2.61. The first-order chi connectivity index (χ1) is 11.0. The second-order valence-corrected chi connectivity index (χ2v) is 5.67. The predicted molar refractivity (Wildman–Crippen MR) is 78.6 cm³/mol. The lowest BCUT2D eigenvalue weighted by atomic mass is 9.94. The highest BCUT2D eigenvalue weighted by Gasteiger charge is 2.46. The Morgan fingerprint density at radius 3 is 2.48 bits per heavy atom. The number of carbonyl (C=O) groups excluding carboxylic acids is 1. The number of alkyl halides is 2. The number of carbonyl (C=O) groups is 1. The summed E-state index contributed by atoms with van der Waals surface area (Å²) < 4.78 is 41.0. The van der Waals surface area contributed by atoms with Gasteiger partial charge >= 0.3 is 5.92 Å². The molecule has 0 saturated carbocycles. The molecule has 23 heavy (non-hydrogen) atoms. The number of nitrogens with zero attached hydrogens (tertiary/aromatic N) is 2. The van der Waals surface area contributed by atoms with Crippen LogP contribution in [0.2, 0.25) is 0 Å². The van der Waals surface area contributed by atoms with Crippen LogP contribution in [-0.2, 0) is 11.2 Å². The Kier molecular flexibility index (Phi) is 4.07. The average molecular weight is 320 g/mol. The second-order valence-electron chi connectivity index (χ2n) is 5.67. The summed E-state index contributed by atoms with van der Waals surface area (Å²) in [5, 5.41) is 0. The molecular weight excluding hydrogens is 305 g/mol. The van der Waals surface area contributed by atoms with Gasteiger partial charge in [-0.05, 0) is 29.8 Å². The van der Waals surface area contributed by atoms with Gasteiger partial charge in [0.05, 0.1) is 0 Å². The lowest BCUT2D eigenvalue weighted by Gasteiger charge is -2.40. The van der Waals surface area contributed by atoms with Crippen molar-refractivity contribution >= 4 is 5.91 Å². The Balaban J connectivity index is 1.60. The van der Waals surface area contributed by atoms with E-state index < -0.39 is 24.1 Å². The van der Waals surface area contributed by atoms with E-state index in [1.54, 1.807) is 12.3 Å². The second kappa shape index (κ2) is 6.02. The minimum atomic E-state index is -3.49. The summed E-state index contributed by atoms with van der Waals surface area (Å²) in [5.74, 6) is -5.17. The maximum atomic E-state index is 14.1. The number of likely N-dealkylation sites (tertiary alicyclic amines) is 1. The molecule has 0 N–H and O–H groups in total. The zero-order valence-corrected chi connectivity index (χ0v) is 12.3. The maximum Gasteiger partial charge on any atom is 0.328 e. The molecule has 3 rings (SSSR count). The maximum absolute atomic E-state index is 14.1. The Bertz CT molecular complexity index is 683. The first kappa shape index (κ1) is 15.5. The minimum Gasteiger partial charge on any atom is -0.336 e. The number of pyridine rings is 1. The lowest BCUT2D eigenvalue weighted by Crippen LogP contribution is -2.55. The summed E-state index contributed by atoms with van der Waals surface area (Å²) in [5.41, 5.74) is 1.03. The number of hydrogen-bond acceptors (Lipinski definition) is 2. The van der Waals surface area contributed by atoms with Crippen molar-refractivity contribution in [1.29, 1.82) is 0 Å². The van der Waals surface area contributed by atoms with E-state index in [2.05, 4.69) is 4.98 Å². The van der Waals surface area contributed by atoms with Crippen molar-refractivity contribution in [2.75, 3.05) is 13.1 Å². The van der Waals surface area contributed by atoms with E-state index >= 15 is 0 Å². The summed E-state index contributed by atoms with van der Waals surface area (Å²) in [6.07, 6.45) is 0.916. The third-order valence-corrected chi connectivity index (χ3v) is 3.93. The van der Waals surface area contributed by atoms with Crippen LogP contribution in [0.1, 0.15) is 17.2 Å². The number of halogens is 3. The molecule has 3 nitrogen and oxygen atoms in total. The predicted octanol–water partition coefficient (Wildman–Crippen LogP) is 3.02. The molecule has 1 aromatic heterocycles. The van der Waals surface area contributed by atoms with Gasteiger partial charge in [0.25, 0.3) is 5.91 Å². The summed E-state index contributed by atoms with van der Waals surface area (Å²) >= 11 is 0. The fourth-order valence-electron chi connectivity index (χ4n) is 2.61. The summed E-state index contributed by atoms with van der Waals surface area (Å²) in [4.78, 5) is 17.3. The third kappa shape index (κ3) is 3.36. The topological polar surface area (TPSA) is 33.2 Å². The molecule has 1 aromatic carbocycles. The molecule has 0 radical (unpaired) electrons. The van der Waals surface area contributed by atoms with Crippen LogP contribution in [0.4, 0.5) is 13.2 Å². The van der Waals surface area contributed by atoms with E-state index in [4.69, 9.17) is 0 Å². The Morgan fingerprint density at radius 1 is 1.17 bits per heavy atom. The van der Waals surface area contributed by atoms with Gasteiger partial charge in [0.15, 0.2) is 0 Å². The van der Waals surface area contributed by atoms with Crippen LogP contribution in [0, 0.1) is 5.82 Å². The largest absolute Gasteiger partial charge is 0.336 e. The number of amides is 1. The van der Waals surface area contributed by atoms with Crippen LogP contribution >= 0.6 is 0 Å². The van der Waals surface area contributed by atoms with Gasteiger partial charge in [-0.2, -0.15) is 8.78 Å². The van der Waals surface area contributed by atoms with Crippen LogP contribution < -0.4 is 0 Å². The number of hydrogen-bond donors (Lipinski definition) is 0. The Labute approximate surface area is 131 Å². The first-order valence-corrected chi connectivity index (χ1v) is 7.28. The molecule has 1 fully saturated rings. The molecule has 0 unspecified atom stereocenters. The van der Waals surface area contributed by atoms with E-state index in [1.165, 1.54) is 12.1 Å². The standard InChI is InChI=1S/C17H15F3N2O/c18-14-6-4-12(5-7-14)9-17(19,20)16(23)22-10-13(11-22)15-3-1-2-8-21-15/h1-8,13H,9-11H2. The summed E-state index contributed by atoms with van der Waals surface area (Å²) in [6, 6.07) is 10.2. The molecule has 0 bridgehead atoms. The van der Waals surface area contributed by atoms with Gasteiger partial charge < -0.3 is 4.90 Å². The normalized spacial score (nSPS) is 15.3. The summed E-state index contributed by atoms with van der Waals surface area (Å²) in [7, 11) is 0. The molecule has 2 aromatic rings. The zero-order chi connectivity index (χ0) is 16.4. The fraction of sp³-hybridized carbons (Fsp3) is 0.294. The van der Waals surface area contributed by atoms with Crippen LogP contribution in [0.5, 0.6) is 0 Å². The van der Waals surface area contributed by atoms with Crippen molar-refractivity contribution in [3.8, 4) is 0 Å². The van der Waals surface area contributed by atoms with Gasteiger partial charge in [-0.25, -0.2) is 4.39 Å². The molecule has 1 saturated heterocycles. The quantitative estimate of drug-likeness (QED) is 0.867. The zero-order valence-electron chi connectivity index (χ0n) is 12.3. The van der Waals surface area contributed by atoms with Crippen molar-refractivity contribution in [2.45, 2.75) is 18.3 Å². The molecule has 1 aliphatic heterocycles. The SMILES string of the molecule is O=C(N1CC(c2ccccn2)C1)C(F)(F)Cc1ccc(F)cc1. The molecule has 0 spiro atoms. The van der Waals surface area contributed by atoms with E-state index in [1.807, 2.05) is 12.1 Å². The molecule has 0 atom stereocenters. The van der Waals surface area contributed by atoms with Gasteiger partial charge in [-0.15, -0.1) is 0 Å². The van der Waals surface area contributed by atoms with Crippen molar-refractivity contribution < 1.29 is 18.0 Å². The van der Waals surface area contributed by atoms with E-state index in [0.29, 0.717) is 0 Å². The molecule has 0 aliphatic carbocycles. The van der Waals surface area contributed by atoms with Crippen molar-refractivity contribution in [3.63, 3.8) is 0 Å². The summed E-state index contributed by atoms with van der Waals surface area (Å²) in [6.45, 7) is 0.490. The van der Waals surface area contributed by atoms with Crippen LogP contribution in [0.15, 0.2) is 48.7 Å². The first-order valence-electron chi connectivity index (χ1n) is 7.28. The highest BCUT2D eigenvalue weighted by Crippen LogP contribution is 2.31. The average Bonchev–Trinajstić information content (AvgIpc) is 2.49. The monoisotopic (exact) mass is 320 g/mol. The van der Waals surface area contributed by atoms with Gasteiger partial charge in [0, 0.05) is 37.3 Å². The van der Waals surface area contributed by atoms with Crippen LogP contribution in [-0.4, -0.2) is 34.8 Å². The molecule has 120 valence electrons. The van der Waals surface area contributed by atoms with Gasteiger partial charge in [-0.3, -0.25) is 9.78 Å². The van der Waals surface area contributed by atoms with Crippen molar-refractivity contribution in [3.05, 3.63) is 65.7 Å². The highest BCUT2D eigenvalue weighted by atomic mass is 19.3. The minimum absolute atomic E-state index is 0.00164. The van der Waals surface area contributed by atoms with Gasteiger partial charge in [0.1, 0.15) is 5.82 Å². The molecule has 6 heteroatoms. The number of rotatable bonds is 4.